The molecule has 4 N–H and O–H groups in total. The molecule has 5 aromatic rings. The van der Waals surface area contributed by atoms with Crippen LogP contribution in [0.2, 0.25) is 0 Å². The maximum Gasteiger partial charge on any atom is 0.0701 e. The van der Waals surface area contributed by atoms with E-state index in [1.54, 1.807) is 99.8 Å². The van der Waals surface area contributed by atoms with Gasteiger partial charge in [-0.1, -0.05) is 36.4 Å². The van der Waals surface area contributed by atoms with Crippen molar-refractivity contribution in [3.63, 3.8) is 0 Å². The summed E-state index contributed by atoms with van der Waals surface area (Å²) in [4.78, 5) is 5.52. The smallest absolute Gasteiger partial charge is 0.0701 e. The third-order valence-electron chi connectivity index (χ3n) is 15.9. The molecular formula is C48H48N4O4. The van der Waals surface area contributed by atoms with Crippen molar-refractivity contribution in [1.29, 1.82) is 0 Å². The first kappa shape index (κ1) is 32.3. The molecule has 56 heavy (non-hydrogen) atoms. The number of fused-ring (bicyclic) bond motifs is 3. The van der Waals surface area contributed by atoms with Crippen LogP contribution in [0.15, 0.2) is 36.4 Å². The molecule has 8 nitrogen and oxygen atoms in total. The topological polar surface area (TPSA) is 95.4 Å². The van der Waals surface area contributed by atoms with Gasteiger partial charge in [-0.3, -0.25) is 9.80 Å². The van der Waals surface area contributed by atoms with Crippen LogP contribution in [0, 0.1) is 0 Å². The fourth-order valence-corrected chi connectivity index (χ4v) is 14.4. The summed E-state index contributed by atoms with van der Waals surface area (Å²) in [5.41, 5.74) is 37.3. The monoisotopic (exact) mass is 744 g/mol. The van der Waals surface area contributed by atoms with Crippen molar-refractivity contribution >= 4 is 21.5 Å². The number of nitrogens with two attached hydrogens (primary N) is 2. The number of rotatable bonds is 16. The first-order chi connectivity index (χ1) is 27.7. The van der Waals surface area contributed by atoms with Gasteiger partial charge in [0.1, 0.15) is 0 Å². The predicted molar refractivity (Wildman–Crippen MR) is 218 cm³/mol. The average molecular weight is 745 g/mol. The maximum absolute atomic E-state index is 6.27. The highest BCUT2D eigenvalue weighted by molar-refractivity contribution is 6.24. The summed E-state index contributed by atoms with van der Waals surface area (Å²) >= 11 is 0. The number of nitrogens with zero attached hydrogens (tertiary/aromatic N) is 2. The molecule has 14 rings (SSSR count). The third-order valence-corrected chi connectivity index (χ3v) is 15.9. The van der Waals surface area contributed by atoms with Crippen molar-refractivity contribution in [1.82, 2.24) is 9.80 Å². The molecule has 0 bridgehead atoms. The fourth-order valence-electron chi connectivity index (χ4n) is 14.4. The standard InChI is InChI=1S/C48H48N4O4/c49-3-7-53-11-13-55-9-5-51-21-33-31-19-29-17-27-15-25-1-2-26-16-28-18-30-20-32(34(33)22-51)42-41(31)45-39(29)37(27)43-35(25)36(26)44-38(28)40(30)46(42)48(45)24-52(23-47(43,44)48)6-10-56-14-12-54-8-4-50/h1-2,15-16,19-20,33-34H,3-14,17-18,21-24,49-50H2. The summed E-state index contributed by atoms with van der Waals surface area (Å²) in [7, 11) is 0. The second-order valence-corrected chi connectivity index (χ2v) is 18.2. The minimum Gasteiger partial charge on any atom is -0.378 e. The van der Waals surface area contributed by atoms with E-state index in [-0.39, 0.29) is 10.8 Å². The van der Waals surface area contributed by atoms with Crippen LogP contribution >= 0.6 is 0 Å². The molecule has 2 spiro atoms. The quantitative estimate of drug-likeness (QED) is 0.104. The van der Waals surface area contributed by atoms with E-state index in [2.05, 4.69) is 46.2 Å². The second-order valence-electron chi connectivity index (χ2n) is 18.2. The molecule has 2 atom stereocenters. The molecule has 2 saturated heterocycles. The van der Waals surface area contributed by atoms with Crippen LogP contribution in [0.25, 0.3) is 54.9 Å². The summed E-state index contributed by atoms with van der Waals surface area (Å²) in [5.74, 6) is 0.994. The van der Waals surface area contributed by atoms with Crippen LogP contribution in [0.5, 0.6) is 0 Å². The molecule has 0 aromatic heterocycles. The molecule has 8 heteroatoms. The molecule has 9 aliphatic rings. The van der Waals surface area contributed by atoms with Gasteiger partial charge in [-0.2, -0.15) is 0 Å². The minimum atomic E-state index is -0.0922. The molecule has 0 amide bonds. The zero-order valence-corrected chi connectivity index (χ0v) is 32.0. The Kier molecular flexibility index (Phi) is 6.38. The van der Waals surface area contributed by atoms with Crippen LogP contribution in [-0.2, 0) is 42.6 Å². The molecule has 0 saturated carbocycles. The average Bonchev–Trinajstić information content (AvgIpc) is 4.04. The molecule has 0 radical (unpaired) electrons. The summed E-state index contributed by atoms with van der Waals surface area (Å²) in [5, 5.41) is 6.04. The van der Waals surface area contributed by atoms with Crippen molar-refractivity contribution in [3.8, 4) is 33.4 Å². The number of likely N-dealkylation sites (tertiary alicyclic amines) is 2. The van der Waals surface area contributed by atoms with E-state index in [1.807, 2.05) is 0 Å². The van der Waals surface area contributed by atoms with Crippen molar-refractivity contribution < 1.29 is 18.9 Å². The Bertz CT molecular complexity index is 2500. The van der Waals surface area contributed by atoms with E-state index in [1.165, 1.54) is 10.8 Å². The molecule has 2 unspecified atom stereocenters. The van der Waals surface area contributed by atoms with Gasteiger partial charge in [-0.15, -0.1) is 0 Å². The highest BCUT2D eigenvalue weighted by Crippen LogP contribution is 2.80. The Hall–Kier alpha value is -3.70. The molecule has 7 aliphatic carbocycles. The first-order valence-electron chi connectivity index (χ1n) is 21.3. The lowest BCUT2D eigenvalue weighted by molar-refractivity contribution is 0.0428. The lowest BCUT2D eigenvalue weighted by Gasteiger charge is -2.51. The maximum atomic E-state index is 6.27. The number of benzene rings is 5. The fraction of sp³-hybridized carbons (Fsp3) is 0.458. The molecular weight excluding hydrogens is 697 g/mol. The van der Waals surface area contributed by atoms with Crippen molar-refractivity contribution in [2.24, 2.45) is 11.5 Å². The van der Waals surface area contributed by atoms with Gasteiger partial charge in [-0.05, 0) is 123 Å². The molecule has 284 valence electrons. The van der Waals surface area contributed by atoms with Crippen LogP contribution in [-0.4, -0.2) is 115 Å². The van der Waals surface area contributed by atoms with Gasteiger partial charge in [0.15, 0.2) is 0 Å². The number of hydrogen-bond acceptors (Lipinski definition) is 8. The van der Waals surface area contributed by atoms with E-state index in [0.717, 1.165) is 65.3 Å². The van der Waals surface area contributed by atoms with Crippen LogP contribution < -0.4 is 11.5 Å². The van der Waals surface area contributed by atoms with E-state index in [4.69, 9.17) is 30.4 Å². The van der Waals surface area contributed by atoms with Crippen LogP contribution in [0.1, 0.15) is 67.5 Å². The largest absolute Gasteiger partial charge is 0.378 e. The number of ether oxygens (including phenoxy) is 4. The van der Waals surface area contributed by atoms with Gasteiger partial charge in [0.2, 0.25) is 0 Å². The molecule has 2 heterocycles. The number of hydrogen-bond donors (Lipinski definition) is 2. The van der Waals surface area contributed by atoms with E-state index in [0.29, 0.717) is 64.6 Å². The molecule has 2 aliphatic heterocycles. The lowest BCUT2D eigenvalue weighted by atomic mass is 9.48. The summed E-state index contributed by atoms with van der Waals surface area (Å²) in [6.45, 7) is 12.4. The predicted octanol–water partition coefficient (Wildman–Crippen LogP) is 5.12. The Morgan fingerprint density at radius 1 is 0.500 bits per heavy atom. The Balaban J connectivity index is 0.960. The Labute approximate surface area is 327 Å². The Morgan fingerprint density at radius 2 is 0.929 bits per heavy atom. The molecule has 5 aromatic carbocycles. The van der Waals surface area contributed by atoms with Gasteiger partial charge in [-0.25, -0.2) is 0 Å². The summed E-state index contributed by atoms with van der Waals surface area (Å²) in [6, 6.07) is 15.6. The third kappa shape index (κ3) is 3.52. The van der Waals surface area contributed by atoms with Crippen molar-refractivity contribution in [2.75, 3.05) is 105 Å². The van der Waals surface area contributed by atoms with E-state index < -0.39 is 0 Å². The normalized spacial score (nSPS) is 26.0. The lowest BCUT2D eigenvalue weighted by Crippen LogP contribution is -2.52. The van der Waals surface area contributed by atoms with Gasteiger partial charge in [0, 0.05) is 64.2 Å². The SMILES string of the molecule is NCCOCCOCCN1CC2c3cc4c5c6c3-c3c(cc7c8c3C63CN(CCOCCOCCN)CC36c3c-5c(cc5ccc9cc(c-8c6c9c35)C7)C4)C2C1. The van der Waals surface area contributed by atoms with E-state index >= 15 is 0 Å². The zero-order valence-electron chi connectivity index (χ0n) is 32.0. The zero-order chi connectivity index (χ0) is 36.7. The van der Waals surface area contributed by atoms with Crippen molar-refractivity contribution in [2.45, 2.75) is 35.5 Å². The van der Waals surface area contributed by atoms with Crippen LogP contribution in [0.4, 0.5) is 0 Å². The van der Waals surface area contributed by atoms with E-state index in [9.17, 15) is 0 Å². The highest BCUT2D eigenvalue weighted by Gasteiger charge is 2.74. The minimum absolute atomic E-state index is 0.0920. The summed E-state index contributed by atoms with van der Waals surface area (Å²) in [6.07, 6.45) is 2.11. The van der Waals surface area contributed by atoms with Gasteiger partial charge < -0.3 is 30.4 Å². The molecule has 2 fully saturated rings. The highest BCUT2D eigenvalue weighted by atomic mass is 16.5. The van der Waals surface area contributed by atoms with Gasteiger partial charge in [0.05, 0.1) is 63.7 Å². The van der Waals surface area contributed by atoms with Crippen LogP contribution in [0.3, 0.4) is 0 Å². The van der Waals surface area contributed by atoms with Gasteiger partial charge >= 0.3 is 0 Å². The van der Waals surface area contributed by atoms with Gasteiger partial charge in [0.25, 0.3) is 0 Å². The first-order valence-corrected chi connectivity index (χ1v) is 21.3. The Morgan fingerprint density at radius 3 is 1.43 bits per heavy atom. The van der Waals surface area contributed by atoms with Crippen molar-refractivity contribution in [3.05, 3.63) is 92.0 Å². The summed E-state index contributed by atoms with van der Waals surface area (Å²) < 4.78 is 23.6. The second kappa shape index (κ2) is 11.1.